The summed E-state index contributed by atoms with van der Waals surface area (Å²) >= 11 is 0. The fourth-order valence-corrected chi connectivity index (χ4v) is 5.39. The number of esters is 1. The van der Waals surface area contributed by atoms with Crippen molar-refractivity contribution in [1.82, 2.24) is 0 Å². The highest BCUT2D eigenvalue weighted by Gasteiger charge is 2.44. The molecule has 1 fully saturated rings. The number of aliphatic hydroxyl groups excluding tert-OH is 4. The average molecular weight is 669 g/mol. The molecule has 0 spiro atoms. The number of rotatable bonds is 30. The topological polar surface area (TPSA) is 135 Å². The molecule has 47 heavy (non-hydrogen) atoms. The lowest BCUT2D eigenvalue weighted by atomic mass is 9.99. The molecule has 6 atom stereocenters. The molecular weight excluding hydrogens is 600 g/mol. The van der Waals surface area contributed by atoms with Gasteiger partial charge in [-0.2, -0.15) is 0 Å². The minimum absolute atomic E-state index is 0.124. The predicted molar refractivity (Wildman–Crippen MR) is 187 cm³/mol. The summed E-state index contributed by atoms with van der Waals surface area (Å²) < 4.78 is 22.6. The first-order valence-corrected chi connectivity index (χ1v) is 18.6. The number of aliphatic hydroxyl groups is 4. The van der Waals surface area contributed by atoms with E-state index in [0.717, 1.165) is 57.8 Å². The molecule has 6 unspecified atom stereocenters. The molecule has 4 N–H and O–H groups in total. The number of carbonyl (C=O) groups is 1. The van der Waals surface area contributed by atoms with E-state index in [4.69, 9.17) is 18.9 Å². The van der Waals surface area contributed by atoms with Crippen LogP contribution in [0.3, 0.4) is 0 Å². The number of hydrogen-bond donors (Lipinski definition) is 4. The molecule has 0 bridgehead atoms. The zero-order valence-electron chi connectivity index (χ0n) is 29.5. The maximum Gasteiger partial charge on any atom is 0.306 e. The van der Waals surface area contributed by atoms with Gasteiger partial charge in [0.2, 0.25) is 0 Å². The summed E-state index contributed by atoms with van der Waals surface area (Å²) in [5.74, 6) is -0.344. The molecule has 274 valence electrons. The van der Waals surface area contributed by atoms with Gasteiger partial charge in [-0.25, -0.2) is 0 Å². The fraction of sp³-hybridized carbons (Fsp3) is 0.816. The van der Waals surface area contributed by atoms with E-state index >= 15 is 0 Å². The number of unbranched alkanes of at least 4 members (excludes halogenated alkanes) is 13. The molecule has 0 aromatic heterocycles. The Labute approximate surface area is 285 Å². The average Bonchev–Trinajstić information content (AvgIpc) is 3.07. The van der Waals surface area contributed by atoms with Crippen molar-refractivity contribution in [2.45, 2.75) is 173 Å². The Morgan fingerprint density at radius 1 is 0.702 bits per heavy atom. The molecule has 0 amide bonds. The molecule has 1 aliphatic rings. The van der Waals surface area contributed by atoms with E-state index in [1.165, 1.54) is 57.8 Å². The Balaban J connectivity index is 2.38. The number of hydrogen-bond acceptors (Lipinski definition) is 9. The Morgan fingerprint density at radius 3 is 1.94 bits per heavy atom. The van der Waals surface area contributed by atoms with Crippen molar-refractivity contribution in [1.29, 1.82) is 0 Å². The zero-order valence-corrected chi connectivity index (χ0v) is 29.5. The van der Waals surface area contributed by atoms with Gasteiger partial charge in [-0.3, -0.25) is 4.79 Å². The smallest absolute Gasteiger partial charge is 0.306 e. The maximum atomic E-state index is 12.7. The van der Waals surface area contributed by atoms with Crippen molar-refractivity contribution in [3.05, 3.63) is 36.5 Å². The van der Waals surface area contributed by atoms with Gasteiger partial charge in [-0.1, -0.05) is 121 Å². The van der Waals surface area contributed by atoms with Gasteiger partial charge >= 0.3 is 5.97 Å². The fourth-order valence-electron chi connectivity index (χ4n) is 5.39. The largest absolute Gasteiger partial charge is 0.457 e. The summed E-state index contributed by atoms with van der Waals surface area (Å²) in [6.07, 6.45) is 26.0. The van der Waals surface area contributed by atoms with Gasteiger partial charge in [0.25, 0.3) is 0 Å². The third kappa shape index (κ3) is 22.6. The van der Waals surface area contributed by atoms with Crippen LogP contribution in [0.4, 0.5) is 0 Å². The molecule has 0 aromatic rings. The van der Waals surface area contributed by atoms with Gasteiger partial charge in [0, 0.05) is 13.0 Å². The number of ether oxygens (including phenoxy) is 4. The second-order valence-corrected chi connectivity index (χ2v) is 12.6. The minimum atomic E-state index is -1.54. The lowest BCUT2D eigenvalue weighted by Crippen LogP contribution is -2.59. The van der Waals surface area contributed by atoms with Crippen LogP contribution in [0.15, 0.2) is 36.5 Å². The van der Waals surface area contributed by atoms with E-state index in [2.05, 4.69) is 50.3 Å². The molecule has 9 heteroatoms. The van der Waals surface area contributed by atoms with Crippen LogP contribution in [0.2, 0.25) is 0 Å². The lowest BCUT2D eigenvalue weighted by molar-refractivity contribution is -0.305. The van der Waals surface area contributed by atoms with Gasteiger partial charge in [0.05, 0.1) is 19.8 Å². The van der Waals surface area contributed by atoms with Crippen molar-refractivity contribution in [3.63, 3.8) is 0 Å². The lowest BCUT2D eigenvalue weighted by Gasteiger charge is -2.39. The van der Waals surface area contributed by atoms with Gasteiger partial charge in [-0.15, -0.1) is 0 Å². The van der Waals surface area contributed by atoms with E-state index in [1.54, 1.807) is 0 Å². The van der Waals surface area contributed by atoms with Crippen LogP contribution >= 0.6 is 0 Å². The highest BCUT2D eigenvalue weighted by Crippen LogP contribution is 2.22. The van der Waals surface area contributed by atoms with Crippen molar-refractivity contribution in [2.24, 2.45) is 0 Å². The van der Waals surface area contributed by atoms with E-state index in [0.29, 0.717) is 6.61 Å². The Bertz CT molecular complexity index is 813. The van der Waals surface area contributed by atoms with Crippen LogP contribution in [-0.4, -0.2) is 89.6 Å². The van der Waals surface area contributed by atoms with Crippen LogP contribution in [0.5, 0.6) is 0 Å². The summed E-state index contributed by atoms with van der Waals surface area (Å²) in [5.41, 5.74) is 0. The highest BCUT2D eigenvalue weighted by atomic mass is 16.7. The van der Waals surface area contributed by atoms with Crippen molar-refractivity contribution >= 4 is 5.97 Å². The summed E-state index contributed by atoms with van der Waals surface area (Å²) in [6, 6.07) is 0. The van der Waals surface area contributed by atoms with E-state index in [1.807, 2.05) is 0 Å². The maximum absolute atomic E-state index is 12.7. The van der Waals surface area contributed by atoms with Crippen molar-refractivity contribution in [3.8, 4) is 0 Å². The van der Waals surface area contributed by atoms with Gasteiger partial charge < -0.3 is 39.4 Å². The standard InChI is InChI=1S/C38H68O9/c1-3-5-7-9-11-13-15-16-17-19-21-23-25-27-34(40)46-32(31-45-38-37(43)36(42)35(41)33(29-39)47-38)30-44-28-26-24-22-20-18-14-12-10-8-6-4-2/h5,7,11,13,16-17,32-33,35-39,41-43H,3-4,6,8-10,12,14-15,18-31H2,1-2H3/b7-5-,13-11-,17-16-. The van der Waals surface area contributed by atoms with E-state index in [-0.39, 0.29) is 25.6 Å². The van der Waals surface area contributed by atoms with Gasteiger partial charge in [0.15, 0.2) is 6.29 Å². The van der Waals surface area contributed by atoms with Crippen molar-refractivity contribution < 1.29 is 44.2 Å². The summed E-state index contributed by atoms with van der Waals surface area (Å²) in [5, 5.41) is 39.9. The van der Waals surface area contributed by atoms with Crippen LogP contribution in [0.1, 0.15) is 136 Å². The first-order chi connectivity index (χ1) is 22.9. The summed E-state index contributed by atoms with van der Waals surface area (Å²) in [7, 11) is 0. The van der Waals surface area contributed by atoms with Gasteiger partial charge in [-0.05, 0) is 44.9 Å². The molecule has 0 aliphatic carbocycles. The van der Waals surface area contributed by atoms with Crippen molar-refractivity contribution in [2.75, 3.05) is 26.4 Å². The second kappa shape index (κ2) is 30.5. The van der Waals surface area contributed by atoms with Crippen LogP contribution in [-0.2, 0) is 23.7 Å². The molecule has 1 saturated heterocycles. The molecule has 1 heterocycles. The number of allylic oxidation sites excluding steroid dienone is 6. The third-order valence-electron chi connectivity index (χ3n) is 8.32. The van der Waals surface area contributed by atoms with Crippen LogP contribution < -0.4 is 0 Å². The quantitative estimate of drug-likeness (QED) is 0.0368. The highest BCUT2D eigenvalue weighted by molar-refractivity contribution is 5.69. The summed E-state index contributed by atoms with van der Waals surface area (Å²) in [6.45, 7) is 4.38. The second-order valence-electron chi connectivity index (χ2n) is 12.6. The Morgan fingerprint density at radius 2 is 1.30 bits per heavy atom. The van der Waals surface area contributed by atoms with Gasteiger partial charge in [0.1, 0.15) is 30.5 Å². The van der Waals surface area contributed by atoms with Crippen LogP contribution in [0, 0.1) is 0 Å². The molecule has 0 radical (unpaired) electrons. The minimum Gasteiger partial charge on any atom is -0.457 e. The third-order valence-corrected chi connectivity index (χ3v) is 8.32. The molecule has 9 nitrogen and oxygen atoms in total. The summed E-state index contributed by atoms with van der Waals surface area (Å²) in [4.78, 5) is 12.7. The Hall–Kier alpha value is -1.59. The normalized spacial score (nSPS) is 22.6. The van der Waals surface area contributed by atoms with Crippen LogP contribution in [0.25, 0.3) is 0 Å². The zero-order chi connectivity index (χ0) is 34.4. The Kier molecular flexibility index (Phi) is 28.2. The van der Waals surface area contributed by atoms with E-state index in [9.17, 15) is 25.2 Å². The molecular formula is C38H68O9. The first-order valence-electron chi connectivity index (χ1n) is 18.6. The molecule has 1 rings (SSSR count). The van der Waals surface area contributed by atoms with E-state index < -0.39 is 43.4 Å². The first kappa shape index (κ1) is 43.4. The molecule has 0 aromatic carbocycles. The monoisotopic (exact) mass is 668 g/mol. The molecule has 1 aliphatic heterocycles. The SMILES string of the molecule is CC/C=C\C/C=C\C/C=C\CCCCCC(=O)OC(COCCCCCCCCCCCCC)COC1OC(CO)C(O)C(O)C1O. The molecule has 0 saturated carbocycles. The predicted octanol–water partition coefficient (Wildman–Crippen LogP) is 6.85. The number of carbonyl (C=O) groups excluding carboxylic acids is 1.